The average molecular weight is 251 g/mol. The Morgan fingerprint density at radius 1 is 1.27 bits per heavy atom. The fourth-order valence-corrected chi connectivity index (χ4v) is 1.54. The van der Waals surface area contributed by atoms with Gasteiger partial charge in [0, 0.05) is 0 Å². The van der Waals surface area contributed by atoms with Crippen molar-refractivity contribution in [3.8, 4) is 0 Å². The molecule has 0 atom stereocenters. The zero-order valence-corrected chi connectivity index (χ0v) is 9.04. The molecule has 0 heterocycles. The van der Waals surface area contributed by atoms with Crippen molar-refractivity contribution in [2.75, 3.05) is 25.4 Å². The summed E-state index contributed by atoms with van der Waals surface area (Å²) in [5.74, 6) is -0.735. The summed E-state index contributed by atoms with van der Waals surface area (Å²) in [7, 11) is -4.58. The Morgan fingerprint density at radius 3 is 2.13 bits per heavy atom. The molecule has 0 radical (unpaired) electrons. The molecule has 0 bridgehead atoms. The maximum Gasteiger partial charge on any atom is 0.401 e. The van der Waals surface area contributed by atoms with Gasteiger partial charge < -0.3 is 0 Å². The molecule has 92 valence electrons. The van der Waals surface area contributed by atoms with Crippen molar-refractivity contribution in [3.63, 3.8) is 0 Å². The summed E-state index contributed by atoms with van der Waals surface area (Å²) in [5, 5.41) is 0. The molecule has 0 saturated heterocycles. The predicted molar refractivity (Wildman–Crippen MR) is 47.7 cm³/mol. The summed E-state index contributed by atoms with van der Waals surface area (Å²) < 4.78 is 67.9. The monoisotopic (exact) mass is 251 g/mol. The smallest absolute Gasteiger partial charge is 0.295 e. The van der Waals surface area contributed by atoms with Gasteiger partial charge >= 0.3 is 16.4 Å². The first-order valence-corrected chi connectivity index (χ1v) is 5.91. The SMILES string of the molecule is CCN(CCCS(=O)(=O)F)CC(F)(F)F. The van der Waals surface area contributed by atoms with Crippen LogP contribution in [-0.4, -0.2) is 44.9 Å². The van der Waals surface area contributed by atoms with Crippen molar-refractivity contribution in [1.29, 1.82) is 0 Å². The van der Waals surface area contributed by atoms with Crippen LogP contribution in [0.3, 0.4) is 0 Å². The first-order chi connectivity index (χ1) is 6.64. The van der Waals surface area contributed by atoms with Gasteiger partial charge in [0.05, 0.1) is 12.3 Å². The maximum absolute atomic E-state index is 12.0. The molecule has 0 unspecified atom stereocenters. The Kier molecular flexibility index (Phi) is 5.50. The van der Waals surface area contributed by atoms with Crippen molar-refractivity contribution in [3.05, 3.63) is 0 Å². The second-order valence-electron chi connectivity index (χ2n) is 3.08. The van der Waals surface area contributed by atoms with Crippen LogP contribution in [0.1, 0.15) is 13.3 Å². The molecular formula is C7H13F4NO2S. The van der Waals surface area contributed by atoms with Crippen molar-refractivity contribution in [2.45, 2.75) is 19.5 Å². The van der Waals surface area contributed by atoms with Gasteiger partial charge in [-0.2, -0.15) is 21.6 Å². The summed E-state index contributed by atoms with van der Waals surface area (Å²) >= 11 is 0. The van der Waals surface area contributed by atoms with Gasteiger partial charge in [-0.25, -0.2) is 0 Å². The molecule has 0 spiro atoms. The van der Waals surface area contributed by atoms with Crippen LogP contribution in [0, 0.1) is 0 Å². The number of hydrogen-bond donors (Lipinski definition) is 0. The number of nitrogens with zero attached hydrogens (tertiary/aromatic N) is 1. The lowest BCUT2D eigenvalue weighted by Gasteiger charge is -2.21. The lowest BCUT2D eigenvalue weighted by molar-refractivity contribution is -0.145. The molecule has 0 aromatic carbocycles. The van der Waals surface area contributed by atoms with E-state index in [1.165, 1.54) is 6.92 Å². The largest absolute Gasteiger partial charge is 0.401 e. The molecular weight excluding hydrogens is 238 g/mol. The third kappa shape index (κ3) is 9.92. The molecule has 0 aliphatic heterocycles. The van der Waals surface area contributed by atoms with Crippen LogP contribution < -0.4 is 0 Å². The van der Waals surface area contributed by atoms with Crippen LogP contribution in [0.4, 0.5) is 17.1 Å². The normalized spacial score (nSPS) is 13.5. The molecule has 0 aromatic rings. The van der Waals surface area contributed by atoms with E-state index in [4.69, 9.17) is 0 Å². The molecule has 3 nitrogen and oxygen atoms in total. The van der Waals surface area contributed by atoms with Crippen LogP contribution in [0.5, 0.6) is 0 Å². The van der Waals surface area contributed by atoms with Gasteiger partial charge in [-0.1, -0.05) is 6.92 Å². The van der Waals surface area contributed by atoms with E-state index in [-0.39, 0.29) is 19.5 Å². The van der Waals surface area contributed by atoms with Gasteiger partial charge in [0.1, 0.15) is 0 Å². The molecule has 0 rings (SSSR count). The van der Waals surface area contributed by atoms with Crippen LogP contribution in [0.15, 0.2) is 0 Å². The Bertz CT molecular complexity index is 275. The van der Waals surface area contributed by atoms with Crippen molar-refractivity contribution >= 4 is 10.2 Å². The first kappa shape index (κ1) is 14.6. The van der Waals surface area contributed by atoms with E-state index < -0.39 is 28.7 Å². The number of hydrogen-bond acceptors (Lipinski definition) is 3. The minimum absolute atomic E-state index is 0.0842. The minimum atomic E-state index is -4.58. The van der Waals surface area contributed by atoms with E-state index in [2.05, 4.69) is 0 Å². The van der Waals surface area contributed by atoms with Gasteiger partial charge in [-0.05, 0) is 19.5 Å². The first-order valence-electron chi connectivity index (χ1n) is 4.35. The van der Waals surface area contributed by atoms with Crippen molar-refractivity contribution in [1.82, 2.24) is 4.90 Å². The second-order valence-corrected chi connectivity index (χ2v) is 4.57. The molecule has 0 amide bonds. The fourth-order valence-electron chi connectivity index (χ4n) is 1.06. The van der Waals surface area contributed by atoms with E-state index >= 15 is 0 Å². The van der Waals surface area contributed by atoms with E-state index in [9.17, 15) is 25.5 Å². The molecule has 15 heavy (non-hydrogen) atoms. The highest BCUT2D eigenvalue weighted by Crippen LogP contribution is 2.16. The van der Waals surface area contributed by atoms with Gasteiger partial charge in [0.15, 0.2) is 0 Å². The molecule has 0 aromatic heterocycles. The molecule has 0 aliphatic rings. The average Bonchev–Trinajstić information content (AvgIpc) is 1.97. The lowest BCUT2D eigenvalue weighted by atomic mass is 10.4. The Balaban J connectivity index is 3.92. The highest BCUT2D eigenvalue weighted by molar-refractivity contribution is 7.86. The van der Waals surface area contributed by atoms with Gasteiger partial charge in [-0.3, -0.25) is 4.90 Å². The second kappa shape index (κ2) is 5.64. The number of rotatable bonds is 6. The topological polar surface area (TPSA) is 37.4 Å². The predicted octanol–water partition coefficient (Wildman–Crippen LogP) is 1.56. The van der Waals surface area contributed by atoms with Gasteiger partial charge in [0.25, 0.3) is 0 Å². The number of alkyl halides is 3. The van der Waals surface area contributed by atoms with E-state index in [0.717, 1.165) is 4.90 Å². The van der Waals surface area contributed by atoms with Crippen LogP contribution >= 0.6 is 0 Å². The fraction of sp³-hybridized carbons (Fsp3) is 1.00. The Labute approximate surface area is 86.3 Å². The minimum Gasteiger partial charge on any atom is -0.295 e. The Hall–Kier alpha value is -0.370. The quantitative estimate of drug-likeness (QED) is 0.531. The van der Waals surface area contributed by atoms with E-state index in [1.807, 2.05) is 0 Å². The molecule has 8 heteroatoms. The lowest BCUT2D eigenvalue weighted by Crippen LogP contribution is -2.35. The van der Waals surface area contributed by atoms with Crippen LogP contribution in [0.25, 0.3) is 0 Å². The van der Waals surface area contributed by atoms with E-state index in [0.29, 0.717) is 0 Å². The summed E-state index contributed by atoms with van der Waals surface area (Å²) in [6, 6.07) is 0. The third-order valence-electron chi connectivity index (χ3n) is 1.71. The summed E-state index contributed by atoms with van der Waals surface area (Å²) in [6.07, 6.45) is -4.45. The van der Waals surface area contributed by atoms with Crippen molar-refractivity contribution in [2.24, 2.45) is 0 Å². The maximum atomic E-state index is 12.0. The summed E-state index contributed by atoms with van der Waals surface area (Å²) in [6.45, 7) is 0.483. The highest BCUT2D eigenvalue weighted by atomic mass is 32.3. The molecule has 0 N–H and O–H groups in total. The standard InChI is InChI=1S/C7H13F4NO2S/c1-2-12(6-7(8,9)10)4-3-5-15(11,13)14/h2-6H2,1H3. The summed E-state index contributed by atoms with van der Waals surface area (Å²) in [4.78, 5) is 1.02. The van der Waals surface area contributed by atoms with Crippen LogP contribution in [0.2, 0.25) is 0 Å². The summed E-state index contributed by atoms with van der Waals surface area (Å²) in [5.41, 5.74) is 0. The Morgan fingerprint density at radius 2 is 1.80 bits per heavy atom. The van der Waals surface area contributed by atoms with Crippen molar-refractivity contribution < 1.29 is 25.5 Å². The number of halogens is 4. The van der Waals surface area contributed by atoms with E-state index in [1.54, 1.807) is 0 Å². The molecule has 0 saturated carbocycles. The molecule has 0 fully saturated rings. The van der Waals surface area contributed by atoms with Gasteiger partial charge in [-0.15, -0.1) is 3.89 Å². The van der Waals surface area contributed by atoms with Gasteiger partial charge in [0.2, 0.25) is 0 Å². The van der Waals surface area contributed by atoms with Crippen LogP contribution in [-0.2, 0) is 10.2 Å². The molecule has 0 aliphatic carbocycles. The highest BCUT2D eigenvalue weighted by Gasteiger charge is 2.29. The third-order valence-corrected chi connectivity index (χ3v) is 2.49. The zero-order valence-electron chi connectivity index (χ0n) is 8.22. The zero-order chi connectivity index (χ0) is 12.1.